The molecule has 24 heavy (non-hydrogen) atoms. The van der Waals surface area contributed by atoms with Gasteiger partial charge in [-0.2, -0.15) is 13.2 Å². The Bertz CT molecular complexity index is 776. The Labute approximate surface area is 142 Å². The lowest BCUT2D eigenvalue weighted by Gasteiger charge is -2.18. The first-order valence-corrected chi connectivity index (χ1v) is 7.22. The van der Waals surface area contributed by atoms with Crippen molar-refractivity contribution in [3.63, 3.8) is 0 Å². The highest BCUT2D eigenvalue weighted by molar-refractivity contribution is 6.34. The highest BCUT2D eigenvalue weighted by Gasteiger charge is 2.31. The molecule has 3 N–H and O–H groups in total. The first-order valence-electron chi connectivity index (χ1n) is 6.84. The van der Waals surface area contributed by atoms with Gasteiger partial charge in [0.25, 0.3) is 5.91 Å². The van der Waals surface area contributed by atoms with Crippen molar-refractivity contribution in [2.24, 2.45) is 0 Å². The summed E-state index contributed by atoms with van der Waals surface area (Å²) >= 11 is 5.89. The van der Waals surface area contributed by atoms with E-state index in [1.54, 1.807) is 31.1 Å². The molecule has 0 bridgehead atoms. The lowest BCUT2D eigenvalue weighted by Crippen LogP contribution is -2.19. The van der Waals surface area contributed by atoms with Crippen molar-refractivity contribution < 1.29 is 18.0 Å². The number of carbonyl (C=O) groups excluding carboxylic acids is 1. The molecule has 0 saturated heterocycles. The molecule has 0 aliphatic carbocycles. The number of nitrogens with one attached hydrogen (secondary N) is 1. The number of amides is 1. The van der Waals surface area contributed by atoms with Crippen LogP contribution in [0.5, 0.6) is 0 Å². The Morgan fingerprint density at radius 2 is 1.83 bits per heavy atom. The molecular formula is C16H15ClF3N3O. The fourth-order valence-electron chi connectivity index (χ4n) is 2.11. The summed E-state index contributed by atoms with van der Waals surface area (Å²) in [6.07, 6.45) is -4.53. The Morgan fingerprint density at radius 1 is 1.17 bits per heavy atom. The molecule has 128 valence electrons. The Morgan fingerprint density at radius 3 is 2.42 bits per heavy atom. The van der Waals surface area contributed by atoms with Gasteiger partial charge < -0.3 is 16.0 Å². The van der Waals surface area contributed by atoms with Gasteiger partial charge in [-0.3, -0.25) is 4.79 Å². The quantitative estimate of drug-likeness (QED) is 0.807. The first-order chi connectivity index (χ1) is 11.1. The Kier molecular flexibility index (Phi) is 4.94. The molecule has 4 nitrogen and oxygen atoms in total. The number of hydrogen-bond donors (Lipinski definition) is 2. The highest BCUT2D eigenvalue weighted by Crippen LogP contribution is 2.34. The maximum absolute atomic E-state index is 12.8. The van der Waals surface area contributed by atoms with Gasteiger partial charge in [-0.1, -0.05) is 11.6 Å². The number of carbonyl (C=O) groups is 1. The van der Waals surface area contributed by atoms with Crippen molar-refractivity contribution in [2.75, 3.05) is 30.0 Å². The van der Waals surface area contributed by atoms with Crippen LogP contribution in [0.4, 0.5) is 30.2 Å². The molecule has 0 radical (unpaired) electrons. The predicted molar refractivity (Wildman–Crippen MR) is 89.6 cm³/mol. The van der Waals surface area contributed by atoms with E-state index in [9.17, 15) is 18.0 Å². The number of rotatable bonds is 3. The van der Waals surface area contributed by atoms with Gasteiger partial charge in [0, 0.05) is 25.5 Å². The summed E-state index contributed by atoms with van der Waals surface area (Å²) in [4.78, 5) is 14.2. The van der Waals surface area contributed by atoms with E-state index in [1.807, 2.05) is 0 Å². The monoisotopic (exact) mass is 357 g/mol. The number of anilines is 3. The van der Waals surface area contributed by atoms with Gasteiger partial charge in [-0.05, 0) is 36.4 Å². The molecule has 0 heterocycles. The van der Waals surface area contributed by atoms with Crippen LogP contribution in [-0.2, 0) is 6.18 Å². The molecule has 0 aliphatic heterocycles. The second-order valence-corrected chi connectivity index (χ2v) is 5.72. The van der Waals surface area contributed by atoms with Crippen molar-refractivity contribution in [1.29, 1.82) is 0 Å². The third-order valence-corrected chi connectivity index (χ3v) is 3.62. The standard InChI is InChI=1S/C16H15ClF3N3O/c1-23(2)14-6-4-10(21)8-11(14)15(24)22-13-7-9(16(18,19)20)3-5-12(13)17/h3-8H,21H2,1-2H3,(H,22,24). The average molecular weight is 358 g/mol. The minimum atomic E-state index is -4.53. The zero-order valence-corrected chi connectivity index (χ0v) is 13.7. The van der Waals surface area contributed by atoms with E-state index in [1.165, 1.54) is 6.07 Å². The summed E-state index contributed by atoms with van der Waals surface area (Å²) in [5.41, 5.74) is 5.84. The summed E-state index contributed by atoms with van der Waals surface area (Å²) in [6, 6.07) is 7.46. The number of alkyl halides is 3. The van der Waals surface area contributed by atoms with Gasteiger partial charge in [-0.25, -0.2) is 0 Å². The zero-order valence-electron chi connectivity index (χ0n) is 12.9. The summed E-state index contributed by atoms with van der Waals surface area (Å²) in [6.45, 7) is 0. The van der Waals surface area contributed by atoms with Crippen molar-refractivity contribution in [3.8, 4) is 0 Å². The second kappa shape index (κ2) is 6.60. The van der Waals surface area contributed by atoms with Crippen LogP contribution >= 0.6 is 11.6 Å². The van der Waals surface area contributed by atoms with Crippen molar-refractivity contribution >= 4 is 34.6 Å². The maximum atomic E-state index is 12.8. The zero-order chi connectivity index (χ0) is 18.1. The molecule has 0 spiro atoms. The van der Waals surface area contributed by atoms with E-state index < -0.39 is 17.6 Å². The topological polar surface area (TPSA) is 58.4 Å². The smallest absolute Gasteiger partial charge is 0.399 e. The average Bonchev–Trinajstić information content (AvgIpc) is 2.47. The van der Waals surface area contributed by atoms with Crippen LogP contribution in [0.2, 0.25) is 5.02 Å². The van der Waals surface area contributed by atoms with E-state index in [4.69, 9.17) is 17.3 Å². The summed E-state index contributed by atoms with van der Waals surface area (Å²) in [5, 5.41) is 2.41. The Balaban J connectivity index is 2.39. The number of halogens is 4. The molecule has 0 aromatic heterocycles. The van der Waals surface area contributed by atoms with Crippen molar-refractivity contribution in [3.05, 3.63) is 52.5 Å². The summed E-state index contributed by atoms with van der Waals surface area (Å²) < 4.78 is 38.4. The molecule has 2 rings (SSSR count). The van der Waals surface area contributed by atoms with Gasteiger partial charge in [-0.15, -0.1) is 0 Å². The van der Waals surface area contributed by atoms with Gasteiger partial charge in [0.2, 0.25) is 0 Å². The number of nitrogens with zero attached hydrogens (tertiary/aromatic N) is 1. The third-order valence-electron chi connectivity index (χ3n) is 3.29. The van der Waals surface area contributed by atoms with Crippen molar-refractivity contribution in [1.82, 2.24) is 0 Å². The number of nitrogen functional groups attached to an aromatic ring is 1. The van der Waals surface area contributed by atoms with Crippen LogP contribution in [-0.4, -0.2) is 20.0 Å². The molecule has 0 aliphatic rings. The minimum absolute atomic E-state index is 0.00616. The van der Waals surface area contributed by atoms with Crippen LogP contribution in [0.25, 0.3) is 0 Å². The molecule has 0 atom stereocenters. The SMILES string of the molecule is CN(C)c1ccc(N)cc1C(=O)Nc1cc(C(F)(F)F)ccc1Cl. The molecular weight excluding hydrogens is 343 g/mol. The maximum Gasteiger partial charge on any atom is 0.416 e. The predicted octanol–water partition coefficient (Wildman–Crippen LogP) is 4.26. The van der Waals surface area contributed by atoms with E-state index >= 15 is 0 Å². The number of hydrogen-bond acceptors (Lipinski definition) is 3. The number of benzene rings is 2. The Hall–Kier alpha value is -2.41. The van der Waals surface area contributed by atoms with E-state index in [2.05, 4.69) is 5.32 Å². The van der Waals surface area contributed by atoms with Crippen molar-refractivity contribution in [2.45, 2.75) is 6.18 Å². The van der Waals surface area contributed by atoms with E-state index in [-0.39, 0.29) is 16.3 Å². The molecule has 0 fully saturated rings. The van der Waals surface area contributed by atoms with Crippen LogP contribution in [0.15, 0.2) is 36.4 Å². The normalized spacial score (nSPS) is 11.2. The molecule has 0 saturated carbocycles. The molecule has 2 aromatic carbocycles. The summed E-state index contributed by atoms with van der Waals surface area (Å²) in [7, 11) is 3.47. The van der Waals surface area contributed by atoms with E-state index in [0.29, 0.717) is 11.4 Å². The molecule has 0 unspecified atom stereocenters. The minimum Gasteiger partial charge on any atom is -0.399 e. The fraction of sp³-hybridized carbons (Fsp3) is 0.188. The lowest BCUT2D eigenvalue weighted by atomic mass is 10.1. The molecule has 8 heteroatoms. The van der Waals surface area contributed by atoms with Crippen LogP contribution in [0, 0.1) is 0 Å². The van der Waals surface area contributed by atoms with Gasteiger partial charge in [0.05, 0.1) is 21.8 Å². The lowest BCUT2D eigenvalue weighted by molar-refractivity contribution is -0.137. The van der Waals surface area contributed by atoms with Crippen LogP contribution in [0.1, 0.15) is 15.9 Å². The van der Waals surface area contributed by atoms with E-state index in [0.717, 1.165) is 18.2 Å². The second-order valence-electron chi connectivity index (χ2n) is 5.32. The number of nitrogens with two attached hydrogens (primary N) is 1. The third kappa shape index (κ3) is 3.91. The summed E-state index contributed by atoms with van der Waals surface area (Å²) in [5.74, 6) is -0.604. The van der Waals surface area contributed by atoms with Gasteiger partial charge >= 0.3 is 6.18 Å². The highest BCUT2D eigenvalue weighted by atomic mass is 35.5. The molecule has 2 aromatic rings. The van der Waals surface area contributed by atoms with Crippen LogP contribution in [0.3, 0.4) is 0 Å². The van der Waals surface area contributed by atoms with Gasteiger partial charge in [0.15, 0.2) is 0 Å². The van der Waals surface area contributed by atoms with Crippen LogP contribution < -0.4 is 16.0 Å². The van der Waals surface area contributed by atoms with Gasteiger partial charge in [0.1, 0.15) is 0 Å². The fourth-order valence-corrected chi connectivity index (χ4v) is 2.28. The first kappa shape index (κ1) is 17.9. The molecule has 1 amide bonds. The largest absolute Gasteiger partial charge is 0.416 e.